The van der Waals surface area contributed by atoms with Crippen molar-refractivity contribution in [2.45, 2.75) is 19.4 Å². The summed E-state index contributed by atoms with van der Waals surface area (Å²) in [6, 6.07) is 22.1. The molecule has 3 aromatic rings. The second-order valence-corrected chi connectivity index (χ2v) is 8.30. The number of benzene rings is 3. The summed E-state index contributed by atoms with van der Waals surface area (Å²) in [6.45, 7) is 2.57. The van der Waals surface area contributed by atoms with E-state index in [4.69, 9.17) is 9.47 Å². The minimum Gasteiger partial charge on any atom is -0.507 e. The number of Topliss-reactive ketones (excluding diaryl/α,β-unsaturated/α-hetero) is 1. The van der Waals surface area contributed by atoms with Crippen LogP contribution in [-0.2, 0) is 20.7 Å². The van der Waals surface area contributed by atoms with Gasteiger partial charge in [-0.3, -0.25) is 9.59 Å². The Balaban J connectivity index is 1.78. The molecule has 1 N–H and O–H groups in total. The molecule has 1 unspecified atom stereocenters. The van der Waals surface area contributed by atoms with Crippen molar-refractivity contribution in [3.63, 3.8) is 0 Å². The molecule has 1 saturated heterocycles. The molecule has 1 fully saturated rings. The van der Waals surface area contributed by atoms with Crippen molar-refractivity contribution in [1.29, 1.82) is 0 Å². The highest BCUT2D eigenvalue weighted by atomic mass is 16.5. The van der Waals surface area contributed by atoms with Crippen molar-refractivity contribution in [2.75, 3.05) is 20.3 Å². The third-order valence-electron chi connectivity index (χ3n) is 6.09. The molecular weight excluding hydrogens is 458 g/mol. The van der Waals surface area contributed by atoms with Crippen LogP contribution in [0.15, 0.2) is 84.4 Å². The number of amides is 1. The van der Waals surface area contributed by atoms with Crippen molar-refractivity contribution < 1.29 is 29.0 Å². The fraction of sp³-hybridized carbons (Fsp3) is 0.207. The molecular formula is C29H27NO6. The van der Waals surface area contributed by atoms with Gasteiger partial charge in [0, 0.05) is 12.1 Å². The summed E-state index contributed by atoms with van der Waals surface area (Å²) in [7, 11) is 1.30. The highest BCUT2D eigenvalue weighted by molar-refractivity contribution is 6.46. The Labute approximate surface area is 209 Å². The van der Waals surface area contributed by atoms with Gasteiger partial charge in [0.1, 0.15) is 11.5 Å². The average Bonchev–Trinajstić information content (AvgIpc) is 3.17. The lowest BCUT2D eigenvalue weighted by molar-refractivity contribution is -0.139. The molecule has 0 aromatic heterocycles. The molecule has 0 saturated carbocycles. The van der Waals surface area contributed by atoms with Crippen LogP contribution < -0.4 is 4.74 Å². The van der Waals surface area contributed by atoms with Crippen LogP contribution in [0.4, 0.5) is 0 Å². The zero-order chi connectivity index (χ0) is 25.7. The summed E-state index contributed by atoms with van der Waals surface area (Å²) in [4.78, 5) is 39.8. The fourth-order valence-corrected chi connectivity index (χ4v) is 4.33. The van der Waals surface area contributed by atoms with Crippen LogP contribution in [-0.4, -0.2) is 47.9 Å². The normalized spacial score (nSPS) is 16.7. The van der Waals surface area contributed by atoms with E-state index in [2.05, 4.69) is 0 Å². The third-order valence-corrected chi connectivity index (χ3v) is 6.09. The molecule has 7 heteroatoms. The number of likely N-dealkylation sites (tertiary alicyclic amines) is 1. The smallest absolute Gasteiger partial charge is 0.337 e. The molecule has 7 nitrogen and oxygen atoms in total. The first kappa shape index (κ1) is 24.7. The third kappa shape index (κ3) is 5.00. The molecule has 1 heterocycles. The van der Waals surface area contributed by atoms with Crippen LogP contribution in [0.1, 0.15) is 40.0 Å². The quantitative estimate of drug-likeness (QED) is 0.218. The van der Waals surface area contributed by atoms with E-state index in [1.807, 2.05) is 37.3 Å². The molecule has 0 spiro atoms. The first-order chi connectivity index (χ1) is 17.4. The van der Waals surface area contributed by atoms with Crippen LogP contribution in [0.25, 0.3) is 5.76 Å². The van der Waals surface area contributed by atoms with Crippen molar-refractivity contribution in [2.24, 2.45) is 0 Å². The molecule has 1 aliphatic heterocycles. The molecule has 4 rings (SSSR count). The topological polar surface area (TPSA) is 93.1 Å². The fourth-order valence-electron chi connectivity index (χ4n) is 4.33. The van der Waals surface area contributed by atoms with Crippen molar-refractivity contribution >= 4 is 23.4 Å². The van der Waals surface area contributed by atoms with Gasteiger partial charge >= 0.3 is 5.97 Å². The van der Waals surface area contributed by atoms with Gasteiger partial charge < -0.3 is 19.5 Å². The van der Waals surface area contributed by atoms with Crippen molar-refractivity contribution in [3.05, 3.63) is 107 Å². The molecule has 1 atom stereocenters. The molecule has 1 amide bonds. The van der Waals surface area contributed by atoms with Crippen LogP contribution in [0.5, 0.6) is 5.75 Å². The Morgan fingerprint density at radius 2 is 1.67 bits per heavy atom. The van der Waals surface area contributed by atoms with Crippen LogP contribution in [0.3, 0.4) is 0 Å². The minimum atomic E-state index is -0.823. The molecule has 0 aliphatic carbocycles. The molecule has 184 valence electrons. The van der Waals surface area contributed by atoms with Gasteiger partial charge in [-0.15, -0.1) is 0 Å². The van der Waals surface area contributed by atoms with Gasteiger partial charge in [-0.1, -0.05) is 54.6 Å². The number of ether oxygens (including phenoxy) is 2. The first-order valence-electron chi connectivity index (χ1n) is 11.7. The van der Waals surface area contributed by atoms with Crippen LogP contribution in [0, 0.1) is 0 Å². The van der Waals surface area contributed by atoms with E-state index in [0.717, 1.165) is 5.56 Å². The maximum absolute atomic E-state index is 13.2. The second-order valence-electron chi connectivity index (χ2n) is 8.30. The number of aliphatic hydroxyl groups excluding tert-OH is 1. The number of esters is 1. The Morgan fingerprint density at radius 1 is 0.944 bits per heavy atom. The van der Waals surface area contributed by atoms with E-state index < -0.39 is 23.7 Å². The lowest BCUT2D eigenvalue weighted by atomic mass is 9.94. The second kappa shape index (κ2) is 10.9. The number of hydrogen-bond acceptors (Lipinski definition) is 6. The van der Waals surface area contributed by atoms with Crippen molar-refractivity contribution in [3.8, 4) is 5.75 Å². The van der Waals surface area contributed by atoms with Gasteiger partial charge in [0.15, 0.2) is 0 Å². The van der Waals surface area contributed by atoms with Crippen LogP contribution >= 0.6 is 0 Å². The number of ketones is 1. The predicted octanol–water partition coefficient (Wildman–Crippen LogP) is 4.54. The molecule has 0 bridgehead atoms. The molecule has 3 aromatic carbocycles. The van der Waals surface area contributed by atoms with E-state index in [9.17, 15) is 19.5 Å². The number of methoxy groups -OCH3 is 1. The van der Waals surface area contributed by atoms with E-state index in [-0.39, 0.29) is 17.9 Å². The number of carbonyl (C=O) groups is 3. The summed E-state index contributed by atoms with van der Waals surface area (Å²) < 4.78 is 10.3. The number of nitrogens with zero attached hydrogens (tertiary/aromatic N) is 1. The van der Waals surface area contributed by atoms with Gasteiger partial charge in [-0.25, -0.2) is 4.79 Å². The Kier molecular flexibility index (Phi) is 7.49. The van der Waals surface area contributed by atoms with Gasteiger partial charge in [0.05, 0.1) is 30.9 Å². The van der Waals surface area contributed by atoms with Gasteiger partial charge in [0.25, 0.3) is 11.7 Å². The van der Waals surface area contributed by atoms with E-state index in [0.29, 0.717) is 35.5 Å². The number of hydrogen-bond donors (Lipinski definition) is 1. The zero-order valence-corrected chi connectivity index (χ0v) is 20.1. The number of carbonyl (C=O) groups excluding carboxylic acids is 3. The van der Waals surface area contributed by atoms with Gasteiger partial charge in [-0.05, 0) is 48.7 Å². The summed E-state index contributed by atoms with van der Waals surface area (Å²) in [5, 5.41) is 11.3. The molecule has 36 heavy (non-hydrogen) atoms. The first-order valence-corrected chi connectivity index (χ1v) is 11.7. The number of rotatable bonds is 8. The number of aliphatic hydroxyl groups is 1. The van der Waals surface area contributed by atoms with E-state index in [1.165, 1.54) is 12.0 Å². The standard InChI is InChI=1S/C29H27NO6/c1-3-36-23-11-7-10-22(18-23)26(31)24-25(20-12-14-21(15-13-20)29(34)35-2)30(28(33)27(24)32)17-16-19-8-5-4-6-9-19/h4-15,18,25,31H,3,16-17H2,1-2H3/b26-24+. The van der Waals surface area contributed by atoms with Gasteiger partial charge in [0.2, 0.25) is 0 Å². The maximum atomic E-state index is 13.2. The largest absolute Gasteiger partial charge is 0.507 e. The predicted molar refractivity (Wildman–Crippen MR) is 135 cm³/mol. The monoisotopic (exact) mass is 485 g/mol. The SMILES string of the molecule is CCOc1cccc(/C(O)=C2\C(=O)C(=O)N(CCc3ccccc3)C2c2ccc(C(=O)OC)cc2)c1. The lowest BCUT2D eigenvalue weighted by Crippen LogP contribution is -2.31. The highest BCUT2D eigenvalue weighted by Crippen LogP contribution is 2.40. The highest BCUT2D eigenvalue weighted by Gasteiger charge is 2.45. The zero-order valence-electron chi connectivity index (χ0n) is 20.1. The summed E-state index contributed by atoms with van der Waals surface area (Å²) in [5.74, 6) is -1.68. The summed E-state index contributed by atoms with van der Waals surface area (Å²) in [6.07, 6.45) is 0.532. The summed E-state index contributed by atoms with van der Waals surface area (Å²) in [5.41, 5.74) is 2.32. The minimum absolute atomic E-state index is 0.00692. The Morgan fingerprint density at radius 3 is 2.33 bits per heavy atom. The van der Waals surface area contributed by atoms with E-state index in [1.54, 1.807) is 48.5 Å². The van der Waals surface area contributed by atoms with E-state index >= 15 is 0 Å². The lowest BCUT2D eigenvalue weighted by Gasteiger charge is -2.25. The Bertz CT molecular complexity index is 1300. The van der Waals surface area contributed by atoms with Crippen molar-refractivity contribution in [1.82, 2.24) is 4.90 Å². The van der Waals surface area contributed by atoms with Gasteiger partial charge in [-0.2, -0.15) is 0 Å². The molecule has 0 radical (unpaired) electrons. The summed E-state index contributed by atoms with van der Waals surface area (Å²) >= 11 is 0. The maximum Gasteiger partial charge on any atom is 0.337 e. The Hall–Kier alpha value is -4.39. The van der Waals surface area contributed by atoms with Crippen LogP contribution in [0.2, 0.25) is 0 Å². The average molecular weight is 486 g/mol. The molecule has 1 aliphatic rings.